The van der Waals surface area contributed by atoms with Crippen molar-refractivity contribution in [1.82, 2.24) is 9.62 Å². The molecule has 0 saturated carbocycles. The molecule has 0 atom stereocenters. The second-order valence-electron chi connectivity index (χ2n) is 6.55. The van der Waals surface area contributed by atoms with Crippen LogP contribution in [0.25, 0.3) is 10.1 Å². The van der Waals surface area contributed by atoms with E-state index in [2.05, 4.69) is 5.32 Å². The molecule has 2 aromatic rings. The summed E-state index contributed by atoms with van der Waals surface area (Å²) in [4.78, 5) is 23.4. The number of nitro benzene ring substituents is 1. The molecule has 2 heterocycles. The summed E-state index contributed by atoms with van der Waals surface area (Å²) in [6.45, 7) is 2.65. The molecule has 8 nitrogen and oxygen atoms in total. The SMILES string of the molecule is CCCS(=O)(=O)N1CCC(NC(=O)c2cc3cc([N+](=O)[O-])ccc3s2)CC1. The summed E-state index contributed by atoms with van der Waals surface area (Å²) < 4.78 is 26.5. The van der Waals surface area contributed by atoms with Gasteiger partial charge >= 0.3 is 0 Å². The molecule has 27 heavy (non-hydrogen) atoms. The van der Waals surface area contributed by atoms with Gasteiger partial charge in [-0.05, 0) is 31.4 Å². The maximum Gasteiger partial charge on any atom is 0.270 e. The standard InChI is InChI=1S/C17H21N3O5S2/c1-2-9-27(24,25)19-7-5-13(6-8-19)18-17(21)16-11-12-10-14(20(22)23)3-4-15(12)26-16/h3-4,10-11,13H,2,5-9H2,1H3,(H,18,21). The van der Waals surface area contributed by atoms with Crippen LogP contribution in [-0.2, 0) is 10.0 Å². The van der Waals surface area contributed by atoms with Gasteiger partial charge in [-0.1, -0.05) is 6.92 Å². The lowest BCUT2D eigenvalue weighted by molar-refractivity contribution is -0.384. The van der Waals surface area contributed by atoms with Gasteiger partial charge in [0.1, 0.15) is 0 Å². The number of amides is 1. The third-order valence-electron chi connectivity index (χ3n) is 4.58. The third kappa shape index (κ3) is 4.45. The van der Waals surface area contributed by atoms with Gasteiger partial charge in [0.2, 0.25) is 10.0 Å². The Morgan fingerprint density at radius 1 is 1.33 bits per heavy atom. The lowest BCUT2D eigenvalue weighted by Gasteiger charge is -2.31. The molecule has 0 spiro atoms. The van der Waals surface area contributed by atoms with Crippen molar-refractivity contribution < 1.29 is 18.1 Å². The van der Waals surface area contributed by atoms with E-state index in [1.807, 2.05) is 6.92 Å². The molecule has 0 bridgehead atoms. The van der Waals surface area contributed by atoms with Gasteiger partial charge in [0.15, 0.2) is 0 Å². The lowest BCUT2D eigenvalue weighted by Crippen LogP contribution is -2.46. The first-order valence-electron chi connectivity index (χ1n) is 8.77. The number of non-ortho nitro benzene ring substituents is 1. The van der Waals surface area contributed by atoms with Crippen molar-refractivity contribution in [2.24, 2.45) is 0 Å². The Morgan fingerprint density at radius 3 is 2.67 bits per heavy atom. The van der Waals surface area contributed by atoms with E-state index in [1.54, 1.807) is 12.1 Å². The van der Waals surface area contributed by atoms with Crippen LogP contribution in [0, 0.1) is 10.1 Å². The molecule has 0 unspecified atom stereocenters. The fraction of sp³-hybridized carbons (Fsp3) is 0.471. The van der Waals surface area contributed by atoms with E-state index < -0.39 is 14.9 Å². The third-order valence-corrected chi connectivity index (χ3v) is 7.77. The molecule has 1 fully saturated rings. The number of sulfonamides is 1. The van der Waals surface area contributed by atoms with Crippen LogP contribution < -0.4 is 5.32 Å². The van der Waals surface area contributed by atoms with Crippen LogP contribution >= 0.6 is 11.3 Å². The highest BCUT2D eigenvalue weighted by molar-refractivity contribution is 7.89. The monoisotopic (exact) mass is 411 g/mol. The van der Waals surface area contributed by atoms with Gasteiger partial charge in [-0.2, -0.15) is 0 Å². The van der Waals surface area contributed by atoms with Crippen LogP contribution in [0.15, 0.2) is 24.3 Å². The van der Waals surface area contributed by atoms with Crippen LogP contribution in [0.4, 0.5) is 5.69 Å². The molecular weight excluding hydrogens is 390 g/mol. The molecular formula is C17H21N3O5S2. The summed E-state index contributed by atoms with van der Waals surface area (Å²) in [7, 11) is -3.20. The van der Waals surface area contributed by atoms with Crippen LogP contribution in [0.1, 0.15) is 35.9 Å². The molecule has 10 heteroatoms. The van der Waals surface area contributed by atoms with Crippen LogP contribution in [0.3, 0.4) is 0 Å². The first kappa shape index (κ1) is 19.7. The minimum atomic E-state index is -3.20. The van der Waals surface area contributed by atoms with Gasteiger partial charge in [0.05, 0.1) is 15.6 Å². The van der Waals surface area contributed by atoms with Crippen molar-refractivity contribution in [3.63, 3.8) is 0 Å². The quantitative estimate of drug-likeness (QED) is 0.581. The first-order chi connectivity index (χ1) is 12.8. The van der Waals surface area contributed by atoms with E-state index in [9.17, 15) is 23.3 Å². The second kappa shape index (κ2) is 7.91. The number of carbonyl (C=O) groups excluding carboxylic acids is 1. The zero-order chi connectivity index (χ0) is 19.6. The number of benzene rings is 1. The van der Waals surface area contributed by atoms with Gasteiger partial charge in [-0.25, -0.2) is 12.7 Å². The molecule has 1 amide bonds. The zero-order valence-corrected chi connectivity index (χ0v) is 16.5. The maximum atomic E-state index is 12.5. The largest absolute Gasteiger partial charge is 0.349 e. The Balaban J connectivity index is 1.63. The molecule has 1 aromatic heterocycles. The van der Waals surface area contributed by atoms with Crippen molar-refractivity contribution in [2.45, 2.75) is 32.2 Å². The molecule has 1 aliphatic heterocycles. The summed E-state index contributed by atoms with van der Waals surface area (Å²) in [6.07, 6.45) is 1.74. The Hall–Kier alpha value is -2.04. The molecule has 1 aliphatic rings. The first-order valence-corrected chi connectivity index (χ1v) is 11.2. The number of rotatable bonds is 6. The van der Waals surface area contributed by atoms with Crippen LogP contribution in [-0.4, -0.2) is 48.4 Å². The molecule has 146 valence electrons. The number of hydrogen-bond donors (Lipinski definition) is 1. The summed E-state index contributed by atoms with van der Waals surface area (Å²) in [5.41, 5.74) is -0.00656. The number of fused-ring (bicyclic) bond motifs is 1. The smallest absolute Gasteiger partial charge is 0.270 e. The summed E-state index contributed by atoms with van der Waals surface area (Å²) in [5.74, 6) is -0.0773. The summed E-state index contributed by atoms with van der Waals surface area (Å²) >= 11 is 1.28. The number of nitrogens with one attached hydrogen (secondary N) is 1. The fourth-order valence-electron chi connectivity index (χ4n) is 3.18. The van der Waals surface area contributed by atoms with Crippen molar-refractivity contribution in [3.8, 4) is 0 Å². The summed E-state index contributed by atoms with van der Waals surface area (Å²) in [6, 6.07) is 6.10. The molecule has 1 aromatic carbocycles. The van der Waals surface area contributed by atoms with Crippen molar-refractivity contribution in [3.05, 3.63) is 39.3 Å². The average Bonchev–Trinajstić information content (AvgIpc) is 3.05. The van der Waals surface area contributed by atoms with Gasteiger partial charge in [0.25, 0.3) is 11.6 Å². The number of piperidine rings is 1. The number of hydrogen-bond acceptors (Lipinski definition) is 6. The van der Waals surface area contributed by atoms with Gasteiger partial charge in [-0.15, -0.1) is 11.3 Å². The predicted molar refractivity (Wildman–Crippen MR) is 105 cm³/mol. The second-order valence-corrected chi connectivity index (χ2v) is 9.72. The van der Waals surface area contributed by atoms with Gasteiger partial charge in [0, 0.05) is 41.4 Å². The summed E-state index contributed by atoms with van der Waals surface area (Å²) in [5, 5.41) is 14.5. The van der Waals surface area contributed by atoms with Gasteiger partial charge in [-0.3, -0.25) is 14.9 Å². The minimum absolute atomic E-state index is 0.00656. The van der Waals surface area contributed by atoms with Crippen LogP contribution in [0.2, 0.25) is 0 Å². The number of nitrogens with zero attached hydrogens (tertiary/aromatic N) is 2. The maximum absolute atomic E-state index is 12.5. The number of thiophene rings is 1. The molecule has 1 N–H and O–H groups in total. The Morgan fingerprint density at radius 2 is 2.04 bits per heavy atom. The van der Waals surface area contributed by atoms with Crippen molar-refractivity contribution in [1.29, 1.82) is 0 Å². The highest BCUT2D eigenvalue weighted by Crippen LogP contribution is 2.29. The van der Waals surface area contributed by atoms with Crippen molar-refractivity contribution in [2.75, 3.05) is 18.8 Å². The molecule has 0 aliphatic carbocycles. The van der Waals surface area contributed by atoms with E-state index in [0.717, 1.165) is 4.70 Å². The highest BCUT2D eigenvalue weighted by Gasteiger charge is 2.28. The van der Waals surface area contributed by atoms with Crippen molar-refractivity contribution >= 4 is 43.0 Å². The Labute approximate surface area is 161 Å². The minimum Gasteiger partial charge on any atom is -0.349 e. The molecule has 1 saturated heterocycles. The van der Waals surface area contributed by atoms with Gasteiger partial charge < -0.3 is 5.32 Å². The van der Waals surface area contributed by atoms with E-state index >= 15 is 0 Å². The zero-order valence-electron chi connectivity index (χ0n) is 14.9. The van der Waals surface area contributed by atoms with E-state index in [4.69, 9.17) is 0 Å². The average molecular weight is 412 g/mol. The van der Waals surface area contributed by atoms with E-state index in [-0.39, 0.29) is 23.4 Å². The number of nitro groups is 1. The van der Waals surface area contributed by atoms with E-state index in [0.29, 0.717) is 42.6 Å². The highest BCUT2D eigenvalue weighted by atomic mass is 32.2. The normalized spacial score (nSPS) is 16.5. The lowest BCUT2D eigenvalue weighted by atomic mass is 10.1. The molecule has 3 rings (SSSR count). The number of carbonyl (C=O) groups is 1. The Bertz CT molecular complexity index is 962. The van der Waals surface area contributed by atoms with Crippen LogP contribution in [0.5, 0.6) is 0 Å². The predicted octanol–water partition coefficient (Wildman–Crippen LogP) is 2.74. The fourth-order valence-corrected chi connectivity index (χ4v) is 5.67. The Kier molecular flexibility index (Phi) is 5.78. The van der Waals surface area contributed by atoms with E-state index in [1.165, 1.54) is 27.8 Å². The topological polar surface area (TPSA) is 110 Å². The molecule has 0 radical (unpaired) electrons.